The highest BCUT2D eigenvalue weighted by Crippen LogP contribution is 2.29. The van der Waals surface area contributed by atoms with Gasteiger partial charge >= 0.3 is 6.18 Å². The molecule has 0 amide bonds. The summed E-state index contributed by atoms with van der Waals surface area (Å²) in [6, 6.07) is 9.37. The molecule has 0 aliphatic rings. The fourth-order valence-corrected chi connectivity index (χ4v) is 2.14. The average Bonchev–Trinajstić information content (AvgIpc) is 2.90. The first kappa shape index (κ1) is 14.3. The number of alkyl halides is 3. The van der Waals surface area contributed by atoms with Crippen LogP contribution in [0.3, 0.4) is 0 Å². The van der Waals surface area contributed by atoms with Gasteiger partial charge in [-0.15, -0.1) is 0 Å². The van der Waals surface area contributed by atoms with E-state index in [4.69, 9.17) is 0 Å². The number of aromatic nitrogens is 4. The number of halogens is 3. The van der Waals surface area contributed by atoms with E-state index in [0.717, 1.165) is 5.56 Å². The third-order valence-electron chi connectivity index (χ3n) is 3.15. The van der Waals surface area contributed by atoms with Crippen LogP contribution in [0.15, 0.2) is 36.7 Å². The molecule has 3 rings (SSSR count). The minimum absolute atomic E-state index is 0.0594. The Bertz CT molecular complexity index is 795. The van der Waals surface area contributed by atoms with Crippen LogP contribution in [-0.2, 0) is 12.7 Å². The van der Waals surface area contributed by atoms with Gasteiger partial charge in [0.05, 0.1) is 12.9 Å². The smallest absolute Gasteiger partial charge is 0.371 e. The second-order valence-corrected chi connectivity index (χ2v) is 4.67. The van der Waals surface area contributed by atoms with Gasteiger partial charge in [-0.2, -0.15) is 13.2 Å². The number of anilines is 1. The fraction of sp³-hybridized carbons (Fsp3) is 0.214. The van der Waals surface area contributed by atoms with Gasteiger partial charge in [-0.05, 0) is 5.56 Å². The highest BCUT2D eigenvalue weighted by Gasteiger charge is 2.36. The first-order chi connectivity index (χ1) is 10.5. The van der Waals surface area contributed by atoms with Crippen molar-refractivity contribution in [2.24, 2.45) is 0 Å². The molecule has 2 aromatic heterocycles. The quantitative estimate of drug-likeness (QED) is 0.808. The summed E-state index contributed by atoms with van der Waals surface area (Å²) in [7, 11) is 1.50. The largest absolute Gasteiger partial charge is 0.451 e. The standard InChI is InChI=1S/C14H12F3N5/c1-18-11-10-12(21-13(20-11)14(15,16)17)22(8-19-10)7-9-5-3-2-4-6-9/h2-6,8H,7H2,1H3,(H,18,20,21). The van der Waals surface area contributed by atoms with Crippen molar-refractivity contribution in [2.45, 2.75) is 12.7 Å². The number of rotatable bonds is 3. The molecular weight excluding hydrogens is 295 g/mol. The summed E-state index contributed by atoms with van der Waals surface area (Å²) >= 11 is 0. The summed E-state index contributed by atoms with van der Waals surface area (Å²) in [5, 5.41) is 2.63. The van der Waals surface area contributed by atoms with Crippen molar-refractivity contribution in [1.82, 2.24) is 19.5 Å². The molecule has 0 spiro atoms. The topological polar surface area (TPSA) is 55.6 Å². The molecule has 1 N–H and O–H groups in total. The van der Waals surface area contributed by atoms with E-state index in [9.17, 15) is 13.2 Å². The monoisotopic (exact) mass is 307 g/mol. The van der Waals surface area contributed by atoms with Crippen molar-refractivity contribution < 1.29 is 13.2 Å². The summed E-state index contributed by atoms with van der Waals surface area (Å²) in [6.45, 7) is 0.384. The Balaban J connectivity index is 2.12. The van der Waals surface area contributed by atoms with Gasteiger partial charge < -0.3 is 9.88 Å². The van der Waals surface area contributed by atoms with Gasteiger partial charge in [-0.1, -0.05) is 30.3 Å². The molecule has 0 saturated carbocycles. The van der Waals surface area contributed by atoms with Gasteiger partial charge in [0.25, 0.3) is 0 Å². The molecular formula is C14H12F3N5. The van der Waals surface area contributed by atoms with E-state index in [1.165, 1.54) is 13.4 Å². The summed E-state index contributed by atoms with van der Waals surface area (Å²) in [4.78, 5) is 11.2. The van der Waals surface area contributed by atoms with Crippen molar-refractivity contribution in [3.8, 4) is 0 Å². The minimum Gasteiger partial charge on any atom is -0.371 e. The lowest BCUT2D eigenvalue weighted by molar-refractivity contribution is -0.144. The molecule has 0 saturated heterocycles. The van der Waals surface area contributed by atoms with Gasteiger partial charge in [0.15, 0.2) is 11.5 Å². The van der Waals surface area contributed by atoms with Crippen molar-refractivity contribution in [2.75, 3.05) is 12.4 Å². The number of nitrogens with zero attached hydrogens (tertiary/aromatic N) is 4. The summed E-state index contributed by atoms with van der Waals surface area (Å²) in [5.74, 6) is -1.12. The van der Waals surface area contributed by atoms with Crippen molar-refractivity contribution in [1.29, 1.82) is 0 Å². The van der Waals surface area contributed by atoms with E-state index in [-0.39, 0.29) is 11.5 Å². The molecule has 5 nitrogen and oxygen atoms in total. The third-order valence-corrected chi connectivity index (χ3v) is 3.15. The molecule has 3 aromatic rings. The maximum absolute atomic E-state index is 12.9. The molecule has 0 unspecified atom stereocenters. The first-order valence-electron chi connectivity index (χ1n) is 6.51. The summed E-state index contributed by atoms with van der Waals surface area (Å²) in [6.07, 6.45) is -3.14. The van der Waals surface area contributed by atoms with Gasteiger partial charge in [0.1, 0.15) is 5.52 Å². The number of hydrogen-bond acceptors (Lipinski definition) is 4. The molecule has 1 aromatic carbocycles. The van der Waals surface area contributed by atoms with E-state index in [2.05, 4.69) is 20.3 Å². The molecule has 0 bridgehead atoms. The molecule has 8 heteroatoms. The Labute approximate surface area is 123 Å². The Kier molecular flexibility index (Phi) is 3.44. The highest BCUT2D eigenvalue weighted by molar-refractivity contribution is 5.83. The number of hydrogen-bond donors (Lipinski definition) is 1. The van der Waals surface area contributed by atoms with Crippen LogP contribution in [0.5, 0.6) is 0 Å². The van der Waals surface area contributed by atoms with Crippen LogP contribution < -0.4 is 5.32 Å². The predicted molar refractivity (Wildman–Crippen MR) is 75.4 cm³/mol. The Morgan fingerprint density at radius 1 is 1.14 bits per heavy atom. The Morgan fingerprint density at radius 2 is 1.86 bits per heavy atom. The molecule has 0 atom stereocenters. The Morgan fingerprint density at radius 3 is 2.50 bits per heavy atom. The van der Waals surface area contributed by atoms with Gasteiger partial charge in [-0.25, -0.2) is 15.0 Å². The lowest BCUT2D eigenvalue weighted by Gasteiger charge is -2.09. The van der Waals surface area contributed by atoms with Crippen LogP contribution >= 0.6 is 0 Å². The van der Waals surface area contributed by atoms with Gasteiger partial charge in [0.2, 0.25) is 5.82 Å². The molecule has 2 heterocycles. The second kappa shape index (κ2) is 5.28. The maximum Gasteiger partial charge on any atom is 0.451 e. The van der Waals surface area contributed by atoms with Crippen LogP contribution in [-0.4, -0.2) is 26.6 Å². The number of fused-ring (bicyclic) bond motifs is 1. The number of benzene rings is 1. The van der Waals surface area contributed by atoms with E-state index in [0.29, 0.717) is 12.1 Å². The first-order valence-corrected chi connectivity index (χ1v) is 6.51. The summed E-state index contributed by atoms with van der Waals surface area (Å²) < 4.78 is 40.3. The maximum atomic E-state index is 12.9. The van der Waals surface area contributed by atoms with Crippen LogP contribution in [0.25, 0.3) is 11.2 Å². The van der Waals surface area contributed by atoms with Gasteiger partial charge in [0, 0.05) is 7.05 Å². The van der Waals surface area contributed by atoms with Gasteiger partial charge in [-0.3, -0.25) is 0 Å². The zero-order chi connectivity index (χ0) is 15.7. The molecule has 0 fully saturated rings. The second-order valence-electron chi connectivity index (χ2n) is 4.67. The van der Waals surface area contributed by atoms with E-state index >= 15 is 0 Å². The zero-order valence-electron chi connectivity index (χ0n) is 11.6. The van der Waals surface area contributed by atoms with Crippen LogP contribution in [0.4, 0.5) is 19.0 Å². The van der Waals surface area contributed by atoms with Crippen LogP contribution in [0.2, 0.25) is 0 Å². The van der Waals surface area contributed by atoms with Crippen molar-refractivity contribution >= 4 is 17.0 Å². The van der Waals surface area contributed by atoms with E-state index in [1.54, 1.807) is 4.57 Å². The van der Waals surface area contributed by atoms with E-state index < -0.39 is 12.0 Å². The minimum atomic E-state index is -4.61. The highest BCUT2D eigenvalue weighted by atomic mass is 19.4. The Hall–Kier alpha value is -2.64. The van der Waals surface area contributed by atoms with Crippen molar-refractivity contribution in [3.05, 3.63) is 48.0 Å². The van der Waals surface area contributed by atoms with Crippen LogP contribution in [0, 0.1) is 0 Å². The normalized spacial score (nSPS) is 11.8. The molecule has 0 aliphatic heterocycles. The lowest BCUT2D eigenvalue weighted by Crippen LogP contribution is -2.13. The molecule has 0 radical (unpaired) electrons. The average molecular weight is 307 g/mol. The third kappa shape index (κ3) is 2.59. The molecule has 114 valence electrons. The van der Waals surface area contributed by atoms with Crippen LogP contribution in [0.1, 0.15) is 11.4 Å². The predicted octanol–water partition coefficient (Wildman–Crippen LogP) is 2.94. The fourth-order valence-electron chi connectivity index (χ4n) is 2.14. The summed E-state index contributed by atoms with van der Waals surface area (Å²) in [5.41, 5.74) is 1.40. The zero-order valence-corrected chi connectivity index (χ0v) is 11.6. The number of nitrogens with one attached hydrogen (secondary N) is 1. The molecule has 22 heavy (non-hydrogen) atoms. The molecule has 0 aliphatic carbocycles. The number of imidazole rings is 1. The van der Waals surface area contributed by atoms with Crippen molar-refractivity contribution in [3.63, 3.8) is 0 Å². The SMILES string of the molecule is CNc1nc(C(F)(F)F)nc2c1ncn2Cc1ccccc1. The van der Waals surface area contributed by atoms with E-state index in [1.807, 2.05) is 30.3 Å². The lowest BCUT2D eigenvalue weighted by atomic mass is 10.2.